The van der Waals surface area contributed by atoms with E-state index >= 15 is 0 Å². The van der Waals surface area contributed by atoms with Crippen LogP contribution in [0.25, 0.3) is 11.1 Å². The molecule has 0 radical (unpaired) electrons. The Bertz CT molecular complexity index is 767. The second-order valence-corrected chi connectivity index (χ2v) is 5.19. The molecule has 0 fully saturated rings. The molecule has 0 saturated heterocycles. The smallest absolute Gasteiger partial charge is 0.416 e. The Morgan fingerprint density at radius 2 is 1.82 bits per heavy atom. The maximum absolute atomic E-state index is 12.9. The van der Waals surface area contributed by atoms with Crippen molar-refractivity contribution >= 4 is 5.97 Å². The Morgan fingerprint density at radius 3 is 2.45 bits per heavy atom. The minimum absolute atomic E-state index is 0.122. The van der Waals surface area contributed by atoms with Crippen LogP contribution in [-0.2, 0) is 16.6 Å². The first-order chi connectivity index (χ1) is 10.2. The summed E-state index contributed by atoms with van der Waals surface area (Å²) in [5, 5.41) is 9.45. The molecule has 0 bridgehead atoms. The molecule has 1 heterocycles. The third-order valence-electron chi connectivity index (χ3n) is 3.76. The van der Waals surface area contributed by atoms with Gasteiger partial charge in [0.1, 0.15) is 5.75 Å². The van der Waals surface area contributed by atoms with Crippen LogP contribution in [0.15, 0.2) is 42.5 Å². The maximum atomic E-state index is 12.9. The van der Waals surface area contributed by atoms with Crippen molar-refractivity contribution in [1.29, 1.82) is 0 Å². The van der Waals surface area contributed by atoms with Gasteiger partial charge in [-0.1, -0.05) is 24.3 Å². The highest BCUT2D eigenvalue weighted by molar-refractivity contribution is 5.88. The van der Waals surface area contributed by atoms with Crippen LogP contribution < -0.4 is 4.74 Å². The van der Waals surface area contributed by atoms with Crippen molar-refractivity contribution in [3.05, 3.63) is 53.6 Å². The van der Waals surface area contributed by atoms with Gasteiger partial charge in [0, 0.05) is 11.1 Å². The van der Waals surface area contributed by atoms with Gasteiger partial charge in [0.25, 0.3) is 0 Å². The van der Waals surface area contributed by atoms with Crippen LogP contribution in [0, 0.1) is 0 Å². The summed E-state index contributed by atoms with van der Waals surface area (Å²) in [5.74, 6) is -1.08. The van der Waals surface area contributed by atoms with Gasteiger partial charge in [-0.2, -0.15) is 13.2 Å². The molecule has 0 aliphatic carbocycles. The second-order valence-electron chi connectivity index (χ2n) is 5.19. The minimum atomic E-state index is -4.47. The van der Waals surface area contributed by atoms with E-state index in [1.54, 1.807) is 24.3 Å². The van der Waals surface area contributed by atoms with E-state index in [0.29, 0.717) is 11.1 Å². The summed E-state index contributed by atoms with van der Waals surface area (Å²) in [7, 11) is 0. The average molecular weight is 308 g/mol. The average Bonchev–Trinajstić information content (AvgIpc) is 2.46. The first-order valence-electron chi connectivity index (χ1n) is 6.47. The van der Waals surface area contributed by atoms with Crippen molar-refractivity contribution in [2.45, 2.75) is 18.7 Å². The monoisotopic (exact) mass is 308 g/mol. The minimum Gasteiger partial charge on any atom is -0.478 e. The summed E-state index contributed by atoms with van der Waals surface area (Å²) in [6, 6.07) is 9.45. The highest BCUT2D eigenvalue weighted by atomic mass is 19.4. The Morgan fingerprint density at radius 1 is 1.14 bits per heavy atom. The van der Waals surface area contributed by atoms with Gasteiger partial charge in [-0.15, -0.1) is 0 Å². The van der Waals surface area contributed by atoms with Crippen LogP contribution >= 0.6 is 0 Å². The summed E-state index contributed by atoms with van der Waals surface area (Å²) in [5.41, 5.74) is -1.44. The second kappa shape index (κ2) is 4.50. The Kier molecular flexibility index (Phi) is 2.95. The zero-order chi connectivity index (χ0) is 16.1. The van der Waals surface area contributed by atoms with Crippen LogP contribution in [0.1, 0.15) is 18.1 Å². The number of ether oxygens (including phenoxy) is 1. The SMILES string of the molecule is CC1(C(=O)O)Oc2ccc(C(F)(F)F)cc2-c2ccccc21. The molecular formula is C16H11F3O3. The van der Waals surface area contributed by atoms with E-state index in [1.807, 2.05) is 0 Å². The van der Waals surface area contributed by atoms with Crippen LogP contribution in [-0.4, -0.2) is 11.1 Å². The summed E-state index contributed by atoms with van der Waals surface area (Å²) >= 11 is 0. The summed E-state index contributed by atoms with van der Waals surface area (Å²) in [6.07, 6.45) is -4.47. The Hall–Kier alpha value is -2.50. The molecule has 1 aliphatic rings. The number of fused-ring (bicyclic) bond motifs is 3. The maximum Gasteiger partial charge on any atom is 0.416 e. The number of alkyl halides is 3. The highest BCUT2D eigenvalue weighted by Gasteiger charge is 2.44. The van der Waals surface area contributed by atoms with Gasteiger partial charge in [0.2, 0.25) is 5.60 Å². The zero-order valence-corrected chi connectivity index (χ0v) is 11.4. The molecule has 0 spiro atoms. The third-order valence-corrected chi connectivity index (χ3v) is 3.76. The number of hydrogen-bond donors (Lipinski definition) is 1. The first-order valence-corrected chi connectivity index (χ1v) is 6.47. The molecule has 6 heteroatoms. The standard InChI is InChI=1S/C16H11F3O3/c1-15(14(20)21)12-5-3-2-4-10(12)11-8-9(16(17,18)19)6-7-13(11)22-15/h2-8H,1H3,(H,20,21). The highest BCUT2D eigenvalue weighted by Crippen LogP contribution is 2.47. The first kappa shape index (κ1) is 14.4. The molecular weight excluding hydrogens is 297 g/mol. The van der Waals surface area contributed by atoms with Gasteiger partial charge in [0.15, 0.2) is 0 Å². The number of carboxylic acids is 1. The van der Waals surface area contributed by atoms with Gasteiger partial charge < -0.3 is 9.84 Å². The number of aliphatic carboxylic acids is 1. The van der Waals surface area contributed by atoms with Crippen molar-refractivity contribution in [2.75, 3.05) is 0 Å². The van der Waals surface area contributed by atoms with Crippen molar-refractivity contribution in [2.24, 2.45) is 0 Å². The van der Waals surface area contributed by atoms with Crippen molar-refractivity contribution < 1.29 is 27.8 Å². The molecule has 0 aromatic heterocycles. The van der Waals surface area contributed by atoms with Crippen molar-refractivity contribution in [1.82, 2.24) is 0 Å². The van der Waals surface area contributed by atoms with E-state index in [2.05, 4.69) is 0 Å². The molecule has 3 nitrogen and oxygen atoms in total. The van der Waals surface area contributed by atoms with Gasteiger partial charge >= 0.3 is 12.1 Å². The van der Waals surface area contributed by atoms with Crippen LogP contribution in [0.4, 0.5) is 13.2 Å². The number of benzene rings is 2. The molecule has 0 amide bonds. The molecule has 114 valence electrons. The fourth-order valence-electron chi connectivity index (χ4n) is 2.57. The van der Waals surface area contributed by atoms with Gasteiger partial charge in [0.05, 0.1) is 5.56 Å². The van der Waals surface area contributed by atoms with Crippen molar-refractivity contribution in [3.63, 3.8) is 0 Å². The third kappa shape index (κ3) is 2.03. The van der Waals surface area contributed by atoms with E-state index in [9.17, 15) is 23.1 Å². The lowest BCUT2D eigenvalue weighted by atomic mass is 9.84. The number of rotatable bonds is 1. The molecule has 2 aromatic rings. The van der Waals surface area contributed by atoms with Crippen molar-refractivity contribution in [3.8, 4) is 16.9 Å². The molecule has 2 aromatic carbocycles. The number of carbonyl (C=O) groups is 1. The van der Waals surface area contributed by atoms with Gasteiger partial charge in [-0.25, -0.2) is 4.79 Å². The van der Waals surface area contributed by atoms with Crippen LogP contribution in [0.5, 0.6) is 5.75 Å². The Balaban J connectivity index is 2.27. The van der Waals surface area contributed by atoms with E-state index in [4.69, 9.17) is 4.74 Å². The fraction of sp³-hybridized carbons (Fsp3) is 0.188. The van der Waals surface area contributed by atoms with Crippen LogP contribution in [0.2, 0.25) is 0 Å². The molecule has 0 saturated carbocycles. The summed E-state index contributed by atoms with van der Waals surface area (Å²) < 4.78 is 44.1. The van der Waals surface area contributed by atoms with Gasteiger partial charge in [-0.05, 0) is 30.7 Å². The van der Waals surface area contributed by atoms with E-state index in [-0.39, 0.29) is 11.3 Å². The lowest BCUT2D eigenvalue weighted by Crippen LogP contribution is -2.41. The number of carboxylic acid groups (broad SMARTS) is 1. The topological polar surface area (TPSA) is 46.5 Å². The largest absolute Gasteiger partial charge is 0.478 e. The molecule has 1 unspecified atom stereocenters. The van der Waals surface area contributed by atoms with Gasteiger partial charge in [-0.3, -0.25) is 0 Å². The van der Waals surface area contributed by atoms with E-state index in [1.165, 1.54) is 6.92 Å². The molecule has 3 rings (SSSR count). The lowest BCUT2D eigenvalue weighted by molar-refractivity contribution is -0.155. The predicted octanol–water partition coefficient (Wildman–Crippen LogP) is 4.06. The molecule has 22 heavy (non-hydrogen) atoms. The zero-order valence-electron chi connectivity index (χ0n) is 11.4. The molecule has 1 N–H and O–H groups in total. The van der Waals surface area contributed by atoms with E-state index < -0.39 is 23.3 Å². The lowest BCUT2D eigenvalue weighted by Gasteiger charge is -2.34. The number of halogens is 3. The summed E-state index contributed by atoms with van der Waals surface area (Å²) in [6.45, 7) is 1.38. The quantitative estimate of drug-likeness (QED) is 0.864. The van der Waals surface area contributed by atoms with E-state index in [0.717, 1.165) is 18.2 Å². The fourth-order valence-corrected chi connectivity index (χ4v) is 2.57. The normalized spacial score (nSPS) is 19.8. The number of hydrogen-bond acceptors (Lipinski definition) is 2. The summed E-state index contributed by atoms with van der Waals surface area (Å²) in [4.78, 5) is 11.6. The Labute approximate surface area is 124 Å². The van der Waals surface area contributed by atoms with Crippen LogP contribution in [0.3, 0.4) is 0 Å². The molecule has 1 atom stereocenters. The molecule has 1 aliphatic heterocycles. The predicted molar refractivity (Wildman–Crippen MR) is 72.5 cm³/mol.